The number of hydrogen-bond acceptors (Lipinski definition) is 6. The first-order valence-electron chi connectivity index (χ1n) is 3.88. The van der Waals surface area contributed by atoms with Crippen molar-refractivity contribution in [3.05, 3.63) is 32.4 Å². The van der Waals surface area contributed by atoms with E-state index >= 15 is 0 Å². The summed E-state index contributed by atoms with van der Waals surface area (Å²) in [4.78, 5) is 19.7. The van der Waals surface area contributed by atoms with Gasteiger partial charge in [0, 0.05) is 13.1 Å². The van der Waals surface area contributed by atoms with Crippen LogP contribution in [0, 0.1) is 20.2 Å². The summed E-state index contributed by atoms with van der Waals surface area (Å²) < 4.78 is 0. The minimum atomic E-state index is -0.756. The first-order chi connectivity index (χ1) is 6.99. The number of nitrogen functional groups attached to an aromatic ring is 1. The smallest absolute Gasteiger partial charge is 0.322 e. The van der Waals surface area contributed by atoms with Crippen LogP contribution in [0.5, 0.6) is 0 Å². The standard InChI is InChI=1S/C7H8N4O4/c1-9-6-5(10(12)13)3-2-4(8)7(6)11(14)15/h2-3,9H,8H2,1H3. The Kier molecular flexibility index (Phi) is 2.70. The topological polar surface area (TPSA) is 124 Å². The minimum Gasteiger partial charge on any atom is -0.393 e. The fraction of sp³-hybridized carbons (Fsp3) is 0.143. The van der Waals surface area contributed by atoms with E-state index in [2.05, 4.69) is 5.32 Å². The third-order valence-electron chi connectivity index (χ3n) is 1.82. The summed E-state index contributed by atoms with van der Waals surface area (Å²) in [6, 6.07) is 2.26. The van der Waals surface area contributed by atoms with Crippen LogP contribution in [0.15, 0.2) is 12.1 Å². The zero-order valence-electron chi connectivity index (χ0n) is 7.76. The Morgan fingerprint density at radius 2 is 1.87 bits per heavy atom. The van der Waals surface area contributed by atoms with E-state index in [-0.39, 0.29) is 17.1 Å². The summed E-state index contributed by atoms with van der Waals surface area (Å²) in [5, 5.41) is 23.6. The van der Waals surface area contributed by atoms with E-state index in [9.17, 15) is 20.2 Å². The van der Waals surface area contributed by atoms with E-state index < -0.39 is 15.5 Å². The molecule has 0 radical (unpaired) electrons. The number of nitro groups is 2. The lowest BCUT2D eigenvalue weighted by molar-refractivity contribution is -0.391. The molecule has 0 aliphatic rings. The molecule has 1 rings (SSSR count). The van der Waals surface area contributed by atoms with E-state index in [1.54, 1.807) is 0 Å². The fourth-order valence-electron chi connectivity index (χ4n) is 1.19. The molecule has 8 nitrogen and oxygen atoms in total. The van der Waals surface area contributed by atoms with Crippen molar-refractivity contribution >= 4 is 22.7 Å². The number of nitro benzene ring substituents is 2. The highest BCUT2D eigenvalue weighted by Crippen LogP contribution is 2.37. The van der Waals surface area contributed by atoms with Crippen LogP contribution in [-0.2, 0) is 0 Å². The van der Waals surface area contributed by atoms with E-state index in [0.717, 1.165) is 12.1 Å². The van der Waals surface area contributed by atoms with E-state index in [1.165, 1.54) is 7.05 Å². The molecule has 0 unspecified atom stereocenters. The van der Waals surface area contributed by atoms with Crippen molar-refractivity contribution in [1.82, 2.24) is 0 Å². The van der Waals surface area contributed by atoms with Gasteiger partial charge in [0.25, 0.3) is 5.69 Å². The first kappa shape index (κ1) is 10.7. The molecular formula is C7H8N4O4. The molecule has 8 heteroatoms. The predicted octanol–water partition coefficient (Wildman–Crippen LogP) is 1.13. The van der Waals surface area contributed by atoms with Crippen molar-refractivity contribution in [3.63, 3.8) is 0 Å². The van der Waals surface area contributed by atoms with Gasteiger partial charge in [0.05, 0.1) is 9.85 Å². The Balaban J connectivity index is 3.54. The molecule has 1 aromatic carbocycles. The molecular weight excluding hydrogens is 204 g/mol. The maximum Gasteiger partial charge on any atom is 0.322 e. The largest absolute Gasteiger partial charge is 0.393 e. The summed E-state index contributed by atoms with van der Waals surface area (Å²) in [5.41, 5.74) is 4.20. The van der Waals surface area contributed by atoms with Gasteiger partial charge < -0.3 is 11.1 Å². The maximum absolute atomic E-state index is 10.6. The van der Waals surface area contributed by atoms with Crippen LogP contribution in [0.25, 0.3) is 0 Å². The predicted molar refractivity (Wildman–Crippen MR) is 53.7 cm³/mol. The zero-order chi connectivity index (χ0) is 11.6. The van der Waals surface area contributed by atoms with Crippen LogP contribution in [-0.4, -0.2) is 16.9 Å². The number of nitrogens with zero attached hydrogens (tertiary/aromatic N) is 2. The molecule has 0 aliphatic heterocycles. The van der Waals surface area contributed by atoms with Crippen molar-refractivity contribution < 1.29 is 9.85 Å². The molecule has 80 valence electrons. The third kappa shape index (κ3) is 1.77. The summed E-state index contributed by atoms with van der Waals surface area (Å²) in [7, 11) is 1.36. The second kappa shape index (κ2) is 3.78. The lowest BCUT2D eigenvalue weighted by Gasteiger charge is -2.04. The Bertz CT molecular complexity index is 431. The van der Waals surface area contributed by atoms with E-state index in [0.29, 0.717) is 0 Å². The number of anilines is 2. The third-order valence-corrected chi connectivity index (χ3v) is 1.82. The highest BCUT2D eigenvalue weighted by atomic mass is 16.6. The molecule has 0 bridgehead atoms. The second-order valence-corrected chi connectivity index (χ2v) is 2.66. The highest BCUT2D eigenvalue weighted by Gasteiger charge is 2.26. The van der Waals surface area contributed by atoms with Gasteiger partial charge in [-0.15, -0.1) is 0 Å². The van der Waals surface area contributed by atoms with Crippen molar-refractivity contribution in [2.75, 3.05) is 18.1 Å². The molecule has 0 aromatic heterocycles. The van der Waals surface area contributed by atoms with Gasteiger partial charge in [-0.05, 0) is 6.07 Å². The average Bonchev–Trinajstić information content (AvgIpc) is 2.15. The molecule has 0 atom stereocenters. The minimum absolute atomic E-state index is 0.116. The number of rotatable bonds is 3. The van der Waals surface area contributed by atoms with Gasteiger partial charge in [-0.2, -0.15) is 0 Å². The van der Waals surface area contributed by atoms with Gasteiger partial charge in [-0.3, -0.25) is 20.2 Å². The maximum atomic E-state index is 10.6. The molecule has 0 saturated heterocycles. The first-order valence-corrected chi connectivity index (χ1v) is 3.88. The van der Waals surface area contributed by atoms with Crippen LogP contribution in [0.2, 0.25) is 0 Å². The number of nitrogens with one attached hydrogen (secondary N) is 1. The Morgan fingerprint density at radius 3 is 2.27 bits per heavy atom. The number of hydrogen-bond donors (Lipinski definition) is 2. The summed E-state index contributed by atoms with van der Waals surface area (Å²) in [5.74, 6) is 0. The molecule has 0 spiro atoms. The lowest BCUT2D eigenvalue weighted by atomic mass is 10.2. The molecule has 0 aliphatic carbocycles. The molecule has 1 aromatic rings. The number of nitrogens with two attached hydrogens (primary N) is 1. The fourth-order valence-corrected chi connectivity index (χ4v) is 1.19. The normalized spacial score (nSPS) is 9.67. The van der Waals surface area contributed by atoms with Gasteiger partial charge in [-0.1, -0.05) is 0 Å². The van der Waals surface area contributed by atoms with Crippen LogP contribution in [0.3, 0.4) is 0 Å². The Morgan fingerprint density at radius 1 is 1.27 bits per heavy atom. The second-order valence-electron chi connectivity index (χ2n) is 2.66. The SMILES string of the molecule is CNc1c([N+](=O)[O-])ccc(N)c1[N+](=O)[O-]. The van der Waals surface area contributed by atoms with Crippen LogP contribution >= 0.6 is 0 Å². The monoisotopic (exact) mass is 212 g/mol. The summed E-state index contributed by atoms with van der Waals surface area (Å²) in [6.45, 7) is 0. The molecule has 3 N–H and O–H groups in total. The van der Waals surface area contributed by atoms with E-state index in [4.69, 9.17) is 5.73 Å². The molecule has 0 fully saturated rings. The zero-order valence-corrected chi connectivity index (χ0v) is 7.76. The van der Waals surface area contributed by atoms with Crippen LogP contribution < -0.4 is 11.1 Å². The van der Waals surface area contributed by atoms with Crippen molar-refractivity contribution in [3.8, 4) is 0 Å². The van der Waals surface area contributed by atoms with Gasteiger partial charge in [-0.25, -0.2) is 0 Å². The highest BCUT2D eigenvalue weighted by molar-refractivity contribution is 5.82. The van der Waals surface area contributed by atoms with Crippen molar-refractivity contribution in [1.29, 1.82) is 0 Å². The van der Waals surface area contributed by atoms with Crippen LogP contribution in [0.4, 0.5) is 22.7 Å². The van der Waals surface area contributed by atoms with Gasteiger partial charge in [0.2, 0.25) is 0 Å². The summed E-state index contributed by atoms with van der Waals surface area (Å²) in [6.07, 6.45) is 0. The molecule has 0 heterocycles. The van der Waals surface area contributed by atoms with Crippen LogP contribution in [0.1, 0.15) is 0 Å². The quantitative estimate of drug-likeness (QED) is 0.439. The lowest BCUT2D eigenvalue weighted by Crippen LogP contribution is -2.04. The van der Waals surface area contributed by atoms with Gasteiger partial charge in [0.1, 0.15) is 5.69 Å². The number of benzene rings is 1. The summed E-state index contributed by atoms with van der Waals surface area (Å²) >= 11 is 0. The van der Waals surface area contributed by atoms with Crippen molar-refractivity contribution in [2.24, 2.45) is 0 Å². The Hall–Kier alpha value is -2.38. The van der Waals surface area contributed by atoms with Crippen molar-refractivity contribution in [2.45, 2.75) is 0 Å². The van der Waals surface area contributed by atoms with Gasteiger partial charge >= 0.3 is 5.69 Å². The van der Waals surface area contributed by atoms with Gasteiger partial charge in [0.15, 0.2) is 5.69 Å². The molecule has 0 saturated carbocycles. The average molecular weight is 212 g/mol. The van der Waals surface area contributed by atoms with E-state index in [1.807, 2.05) is 0 Å². The Labute approximate surface area is 84.0 Å². The molecule has 0 amide bonds. The molecule has 15 heavy (non-hydrogen) atoms.